The van der Waals surface area contributed by atoms with Crippen molar-refractivity contribution in [3.05, 3.63) is 51.4 Å². The van der Waals surface area contributed by atoms with Crippen LogP contribution in [0.4, 0.5) is 0 Å². The molecule has 0 radical (unpaired) electrons. The molecule has 1 amide bonds. The average Bonchev–Trinajstić information content (AvgIpc) is 2.68. The maximum Gasteiger partial charge on any atom is 0.267 e. The van der Waals surface area contributed by atoms with Crippen molar-refractivity contribution in [3.8, 4) is 0 Å². The van der Waals surface area contributed by atoms with Crippen LogP contribution in [0.25, 0.3) is 16.7 Å². The Hall–Kier alpha value is -3.04. The Bertz CT molecular complexity index is 1150. The second-order valence-electron chi connectivity index (χ2n) is 6.42. The van der Waals surface area contributed by atoms with Gasteiger partial charge in [-0.1, -0.05) is 6.07 Å². The summed E-state index contributed by atoms with van der Waals surface area (Å²) in [6, 6.07) is 5.00. The molecule has 0 bridgehead atoms. The van der Waals surface area contributed by atoms with E-state index in [9.17, 15) is 14.7 Å². The van der Waals surface area contributed by atoms with Gasteiger partial charge in [-0.05, 0) is 31.0 Å². The van der Waals surface area contributed by atoms with Crippen LogP contribution in [-0.4, -0.2) is 51.8 Å². The van der Waals surface area contributed by atoms with Crippen LogP contribution in [0.15, 0.2) is 29.2 Å². The lowest BCUT2D eigenvalue weighted by Gasteiger charge is -2.14. The first kappa shape index (κ1) is 19.7. The number of hydrogen-bond acceptors (Lipinski definition) is 6. The number of hydrogen-bond donors (Lipinski definition) is 3. The van der Waals surface area contributed by atoms with Crippen molar-refractivity contribution in [1.82, 2.24) is 19.3 Å². The van der Waals surface area contributed by atoms with Gasteiger partial charge in [-0.25, -0.2) is 4.98 Å². The van der Waals surface area contributed by atoms with Gasteiger partial charge in [0.15, 0.2) is 0 Å². The lowest BCUT2D eigenvalue weighted by Crippen LogP contribution is -2.36. The number of amides is 1. The molecule has 28 heavy (non-hydrogen) atoms. The molecule has 3 heterocycles. The Morgan fingerprint density at radius 3 is 2.89 bits per heavy atom. The monoisotopic (exact) mass is 385 g/mol. The van der Waals surface area contributed by atoms with Crippen molar-refractivity contribution >= 4 is 22.6 Å². The molecule has 0 aliphatic heterocycles. The molecule has 3 rings (SSSR count). The first-order valence-electron chi connectivity index (χ1n) is 8.97. The highest BCUT2D eigenvalue weighted by Gasteiger charge is 2.17. The molecule has 3 aromatic rings. The zero-order valence-electron chi connectivity index (χ0n) is 15.9. The second kappa shape index (κ2) is 8.32. The highest BCUT2D eigenvalue weighted by Crippen LogP contribution is 2.12. The molecule has 0 saturated heterocycles. The van der Waals surface area contributed by atoms with Crippen molar-refractivity contribution in [1.29, 1.82) is 5.41 Å². The van der Waals surface area contributed by atoms with Gasteiger partial charge >= 0.3 is 0 Å². The fourth-order valence-electron chi connectivity index (χ4n) is 3.10. The number of rotatable bonds is 7. The van der Waals surface area contributed by atoms with Crippen molar-refractivity contribution in [2.24, 2.45) is 0 Å². The van der Waals surface area contributed by atoms with E-state index in [1.807, 2.05) is 13.0 Å². The van der Waals surface area contributed by atoms with Gasteiger partial charge in [0.2, 0.25) is 0 Å². The number of carbonyl (C=O) groups excluding carboxylic acids is 1. The number of ether oxygens (including phenoxy) is 1. The third-order valence-electron chi connectivity index (χ3n) is 4.51. The van der Waals surface area contributed by atoms with E-state index in [2.05, 4.69) is 10.3 Å². The Morgan fingerprint density at radius 2 is 2.18 bits per heavy atom. The number of nitrogens with one attached hydrogen (secondary N) is 2. The molecule has 0 atom stereocenters. The summed E-state index contributed by atoms with van der Waals surface area (Å²) in [4.78, 5) is 30.2. The number of aliphatic hydroxyl groups is 1. The fourth-order valence-corrected chi connectivity index (χ4v) is 3.10. The minimum absolute atomic E-state index is 0.0502. The normalized spacial score (nSPS) is 11.2. The van der Waals surface area contributed by atoms with Crippen LogP contribution in [-0.2, 0) is 11.3 Å². The summed E-state index contributed by atoms with van der Waals surface area (Å²) >= 11 is 0. The summed E-state index contributed by atoms with van der Waals surface area (Å²) in [6.45, 7) is 2.53. The standard InChI is InChI=1S/C19H23N5O4/c1-12-5-3-7-24-16(12)22-17-14(19(24)27)11-13(15(20)23(17)8-9-25)18(26)21-6-4-10-28-2/h3,5,7,11,20,25H,4,6,8-10H2,1-2H3,(H,21,26). The molecule has 0 aliphatic rings. The van der Waals surface area contributed by atoms with Crippen molar-refractivity contribution < 1.29 is 14.6 Å². The number of fused-ring (bicyclic) bond motifs is 2. The molecule has 9 nitrogen and oxygen atoms in total. The van der Waals surface area contributed by atoms with E-state index in [1.54, 1.807) is 19.4 Å². The van der Waals surface area contributed by atoms with E-state index < -0.39 is 5.91 Å². The van der Waals surface area contributed by atoms with E-state index in [4.69, 9.17) is 10.1 Å². The predicted molar refractivity (Wildman–Crippen MR) is 103 cm³/mol. The average molecular weight is 385 g/mol. The molecule has 0 aliphatic carbocycles. The van der Waals surface area contributed by atoms with Gasteiger partial charge in [0.05, 0.1) is 17.6 Å². The van der Waals surface area contributed by atoms with E-state index >= 15 is 0 Å². The van der Waals surface area contributed by atoms with Gasteiger partial charge in [-0.3, -0.25) is 19.4 Å². The number of nitrogens with zero attached hydrogens (tertiary/aromatic N) is 3. The largest absolute Gasteiger partial charge is 0.395 e. The lowest BCUT2D eigenvalue weighted by atomic mass is 10.2. The van der Waals surface area contributed by atoms with Crippen LogP contribution in [0.5, 0.6) is 0 Å². The Balaban J connectivity index is 2.22. The summed E-state index contributed by atoms with van der Waals surface area (Å²) < 4.78 is 7.77. The second-order valence-corrected chi connectivity index (χ2v) is 6.42. The first-order valence-corrected chi connectivity index (χ1v) is 8.97. The van der Waals surface area contributed by atoms with Crippen molar-refractivity contribution in [2.45, 2.75) is 19.9 Å². The molecule has 0 fully saturated rings. The van der Waals surface area contributed by atoms with Gasteiger partial charge < -0.3 is 19.7 Å². The molecular formula is C19H23N5O4. The zero-order chi connectivity index (χ0) is 20.3. The molecule has 0 spiro atoms. The molecule has 3 N–H and O–H groups in total. The molecule has 148 valence electrons. The van der Waals surface area contributed by atoms with Crippen LogP contribution in [0.1, 0.15) is 22.3 Å². The van der Waals surface area contributed by atoms with Gasteiger partial charge in [0.25, 0.3) is 11.5 Å². The maximum atomic E-state index is 13.0. The molecule has 9 heteroatoms. The van der Waals surface area contributed by atoms with E-state index in [0.717, 1.165) is 5.56 Å². The van der Waals surface area contributed by atoms with Crippen LogP contribution < -0.4 is 16.4 Å². The van der Waals surface area contributed by atoms with E-state index in [0.29, 0.717) is 25.2 Å². The minimum Gasteiger partial charge on any atom is -0.395 e. The lowest BCUT2D eigenvalue weighted by molar-refractivity contribution is 0.0946. The number of aromatic nitrogens is 3. The van der Waals surface area contributed by atoms with Crippen LogP contribution in [0.2, 0.25) is 0 Å². The van der Waals surface area contributed by atoms with Gasteiger partial charge in [-0.2, -0.15) is 0 Å². The molecule has 0 saturated carbocycles. The summed E-state index contributed by atoms with van der Waals surface area (Å²) in [6.07, 6.45) is 2.25. The fraction of sp³-hybridized carbons (Fsp3) is 0.368. The quantitative estimate of drug-likeness (QED) is 0.396. The number of aryl methyl sites for hydroxylation is 1. The van der Waals surface area contributed by atoms with Gasteiger partial charge in [0.1, 0.15) is 16.8 Å². The zero-order valence-corrected chi connectivity index (χ0v) is 15.9. The van der Waals surface area contributed by atoms with Gasteiger partial charge in [-0.15, -0.1) is 0 Å². The van der Waals surface area contributed by atoms with Crippen LogP contribution >= 0.6 is 0 Å². The molecular weight excluding hydrogens is 362 g/mol. The molecule has 0 unspecified atom stereocenters. The third-order valence-corrected chi connectivity index (χ3v) is 4.51. The predicted octanol–water partition coefficient (Wildman–Crippen LogP) is 0.196. The molecule has 3 aromatic heterocycles. The SMILES string of the molecule is COCCCNC(=O)c1cc2c(=O)n3cccc(C)c3nc2n(CCO)c1=N. The van der Waals surface area contributed by atoms with Gasteiger partial charge in [0, 0.05) is 33.0 Å². The third kappa shape index (κ3) is 3.54. The Morgan fingerprint density at radius 1 is 1.39 bits per heavy atom. The van der Waals surface area contributed by atoms with E-state index in [-0.39, 0.29) is 40.8 Å². The Kier molecular flexibility index (Phi) is 5.86. The highest BCUT2D eigenvalue weighted by atomic mass is 16.5. The molecule has 0 aromatic carbocycles. The topological polar surface area (TPSA) is 122 Å². The summed E-state index contributed by atoms with van der Waals surface area (Å²) in [5, 5.41) is 20.8. The number of aliphatic hydroxyl groups excluding tert-OH is 1. The number of methoxy groups -OCH3 is 1. The van der Waals surface area contributed by atoms with E-state index in [1.165, 1.54) is 15.0 Å². The highest BCUT2D eigenvalue weighted by molar-refractivity contribution is 5.96. The summed E-state index contributed by atoms with van der Waals surface area (Å²) in [7, 11) is 1.58. The minimum atomic E-state index is -0.455. The maximum absolute atomic E-state index is 13.0. The Labute approximate surface area is 160 Å². The van der Waals surface area contributed by atoms with Crippen molar-refractivity contribution in [2.75, 3.05) is 26.9 Å². The van der Waals surface area contributed by atoms with Crippen LogP contribution in [0, 0.1) is 12.3 Å². The first-order chi connectivity index (χ1) is 13.5. The van der Waals surface area contributed by atoms with Crippen LogP contribution in [0.3, 0.4) is 0 Å². The smallest absolute Gasteiger partial charge is 0.267 e. The summed E-state index contributed by atoms with van der Waals surface area (Å²) in [5.41, 5.74) is 1.19. The summed E-state index contributed by atoms with van der Waals surface area (Å²) in [5.74, 6) is -0.455. The number of carbonyl (C=O) groups is 1. The van der Waals surface area contributed by atoms with Crippen molar-refractivity contribution in [3.63, 3.8) is 0 Å². The number of pyridine rings is 2.